The Morgan fingerprint density at radius 2 is 0.395 bits per heavy atom. The monoisotopic (exact) mass is 1090 g/mol. The van der Waals surface area contributed by atoms with E-state index in [1.165, 1.54) is 89.0 Å². The van der Waals surface area contributed by atoms with Crippen molar-refractivity contribution in [2.24, 2.45) is 0 Å². The molecule has 0 bridgehead atoms. The van der Waals surface area contributed by atoms with E-state index in [9.17, 15) is 0 Å². The number of aromatic nitrogens is 4. The molecule has 4 nitrogen and oxygen atoms in total. The van der Waals surface area contributed by atoms with Crippen LogP contribution in [0.3, 0.4) is 0 Å². The Labute approximate surface area is 499 Å². The summed E-state index contributed by atoms with van der Waals surface area (Å²) in [5, 5.41) is 0. The molecule has 0 atom stereocenters. The van der Waals surface area contributed by atoms with E-state index in [4.69, 9.17) is 19.9 Å². The highest BCUT2D eigenvalue weighted by Gasteiger charge is 2.53. The summed E-state index contributed by atoms with van der Waals surface area (Å²) in [7, 11) is 0. The molecule has 0 saturated heterocycles. The number of nitrogens with zero attached hydrogens (tertiary/aromatic N) is 4. The zero-order chi connectivity index (χ0) is 56.5. The largest absolute Gasteiger partial charge is 0.228 e. The van der Waals surface area contributed by atoms with Crippen molar-refractivity contribution in [3.8, 4) is 123 Å². The summed E-state index contributed by atoms with van der Waals surface area (Å²) in [6.45, 7) is 0. The molecule has 0 amide bonds. The fraction of sp³-hybridized carbons (Fsp3) is 0.0244. The molecule has 0 saturated carbocycles. The third-order valence-electron chi connectivity index (χ3n) is 18.8. The Morgan fingerprint density at radius 1 is 0.163 bits per heavy atom. The van der Waals surface area contributed by atoms with Gasteiger partial charge in [-0.1, -0.05) is 279 Å². The molecule has 0 N–H and O–H groups in total. The number of rotatable bonds is 7. The standard InChI is InChI=1S/C82H50N4/c1-3-19-53(20-4-1)75-49-77(57-43-45-65-63-27-11-17-33-71(63)81(73(65)47-57)67-29-13-7-23-59(67)60-24-8-14-30-68(60)81)85-79(83-75)55-39-35-51(36-40-55)52-37-41-56(42-38-52)80-84-76(54-21-5-2-6-22-54)50-78(86-80)58-44-46-66-64-28-12-18-34-72(64)82(74(66)48-58)69-31-15-9-25-61(69)62-26-10-16-32-70(62)82/h1-50H. The lowest BCUT2D eigenvalue weighted by Crippen LogP contribution is -2.25. The van der Waals surface area contributed by atoms with E-state index < -0.39 is 10.8 Å². The van der Waals surface area contributed by atoms with Crippen molar-refractivity contribution < 1.29 is 0 Å². The van der Waals surface area contributed by atoms with Crippen LogP contribution in [0.4, 0.5) is 0 Å². The lowest BCUT2D eigenvalue weighted by Gasteiger charge is -2.30. The average molecular weight is 1090 g/mol. The minimum absolute atomic E-state index is 0.457. The summed E-state index contributed by atoms with van der Waals surface area (Å²) in [5.41, 5.74) is 31.5. The van der Waals surface area contributed by atoms with Gasteiger partial charge < -0.3 is 0 Å². The normalized spacial score (nSPS) is 13.5. The highest BCUT2D eigenvalue weighted by molar-refractivity contribution is 5.98. The van der Waals surface area contributed by atoms with Gasteiger partial charge in [-0.05, 0) is 124 Å². The van der Waals surface area contributed by atoms with Gasteiger partial charge in [0.25, 0.3) is 0 Å². The van der Waals surface area contributed by atoms with Crippen LogP contribution in [-0.2, 0) is 10.8 Å². The molecule has 0 unspecified atom stereocenters. The zero-order valence-electron chi connectivity index (χ0n) is 46.7. The van der Waals surface area contributed by atoms with Crippen LogP contribution >= 0.6 is 0 Å². The summed E-state index contributed by atoms with van der Waals surface area (Å²) in [4.78, 5) is 21.4. The fourth-order valence-corrected chi connectivity index (χ4v) is 15.1. The predicted molar refractivity (Wildman–Crippen MR) is 348 cm³/mol. The molecule has 4 aliphatic rings. The molecule has 12 aromatic carbocycles. The average Bonchev–Trinajstić information content (AvgIpc) is 1.60. The van der Waals surface area contributed by atoms with Crippen LogP contribution in [0.2, 0.25) is 0 Å². The first-order chi connectivity index (χ1) is 42.6. The maximum atomic E-state index is 5.42. The summed E-state index contributed by atoms with van der Waals surface area (Å²) < 4.78 is 0. The molecule has 86 heavy (non-hydrogen) atoms. The van der Waals surface area contributed by atoms with Gasteiger partial charge in [0.15, 0.2) is 11.6 Å². The van der Waals surface area contributed by atoms with E-state index in [-0.39, 0.29) is 0 Å². The van der Waals surface area contributed by atoms with Crippen molar-refractivity contribution >= 4 is 0 Å². The summed E-state index contributed by atoms with van der Waals surface area (Å²) in [6.07, 6.45) is 0. The molecule has 2 heterocycles. The van der Waals surface area contributed by atoms with Gasteiger partial charge in [0.05, 0.1) is 33.6 Å². The third-order valence-corrected chi connectivity index (χ3v) is 18.8. The van der Waals surface area contributed by atoms with Crippen LogP contribution < -0.4 is 0 Å². The van der Waals surface area contributed by atoms with Crippen molar-refractivity contribution in [3.63, 3.8) is 0 Å². The molecular formula is C82H50N4. The van der Waals surface area contributed by atoms with E-state index >= 15 is 0 Å². The lowest BCUT2D eigenvalue weighted by molar-refractivity contribution is 0.794. The van der Waals surface area contributed by atoms with Crippen LogP contribution in [0.1, 0.15) is 44.5 Å². The minimum Gasteiger partial charge on any atom is -0.228 e. The van der Waals surface area contributed by atoms with Gasteiger partial charge in [0.1, 0.15) is 0 Å². The van der Waals surface area contributed by atoms with E-state index in [1.54, 1.807) is 0 Å². The second-order valence-corrected chi connectivity index (χ2v) is 23.1. The van der Waals surface area contributed by atoms with Crippen LogP contribution in [0.25, 0.3) is 123 Å². The highest BCUT2D eigenvalue weighted by atomic mass is 14.9. The summed E-state index contributed by atoms with van der Waals surface area (Å²) >= 11 is 0. The van der Waals surface area contributed by atoms with Gasteiger partial charge in [0, 0.05) is 33.4 Å². The number of fused-ring (bicyclic) bond motifs is 20. The minimum atomic E-state index is -0.457. The van der Waals surface area contributed by atoms with Crippen LogP contribution in [0.5, 0.6) is 0 Å². The smallest absolute Gasteiger partial charge is 0.160 e. The second kappa shape index (κ2) is 18.7. The number of hydrogen-bond acceptors (Lipinski definition) is 4. The molecule has 0 fully saturated rings. The van der Waals surface area contributed by atoms with Gasteiger partial charge in [-0.15, -0.1) is 0 Å². The first-order valence-corrected chi connectivity index (χ1v) is 29.6. The zero-order valence-corrected chi connectivity index (χ0v) is 46.7. The van der Waals surface area contributed by atoms with Crippen LogP contribution in [-0.4, -0.2) is 19.9 Å². The lowest BCUT2D eigenvalue weighted by atomic mass is 9.70. The molecular weight excluding hydrogens is 1040 g/mol. The van der Waals surface area contributed by atoms with E-state index in [2.05, 4.69) is 303 Å². The third kappa shape index (κ3) is 6.92. The number of hydrogen-bond donors (Lipinski definition) is 0. The Balaban J connectivity index is 0.705. The van der Waals surface area contributed by atoms with Gasteiger partial charge >= 0.3 is 0 Å². The molecule has 2 aromatic heterocycles. The number of benzene rings is 12. The van der Waals surface area contributed by atoms with Crippen molar-refractivity contribution in [2.45, 2.75) is 10.8 Å². The topological polar surface area (TPSA) is 51.6 Å². The first kappa shape index (κ1) is 48.3. The molecule has 2 spiro atoms. The van der Waals surface area contributed by atoms with Crippen LogP contribution in [0.15, 0.2) is 303 Å². The molecule has 14 aromatic rings. The first-order valence-electron chi connectivity index (χ1n) is 29.6. The predicted octanol–water partition coefficient (Wildman–Crippen LogP) is 19.6. The van der Waals surface area contributed by atoms with Crippen LogP contribution in [0, 0.1) is 0 Å². The van der Waals surface area contributed by atoms with Crippen molar-refractivity contribution in [1.29, 1.82) is 0 Å². The molecule has 0 aliphatic heterocycles. The summed E-state index contributed by atoms with van der Waals surface area (Å²) in [5.74, 6) is 1.34. The Morgan fingerprint density at radius 3 is 0.698 bits per heavy atom. The molecule has 398 valence electrons. The van der Waals surface area contributed by atoms with E-state index in [0.717, 1.165) is 67.3 Å². The van der Waals surface area contributed by atoms with Gasteiger partial charge in [0.2, 0.25) is 0 Å². The van der Waals surface area contributed by atoms with E-state index in [0.29, 0.717) is 11.6 Å². The second-order valence-electron chi connectivity index (χ2n) is 23.1. The Kier molecular flexibility index (Phi) is 10.5. The maximum Gasteiger partial charge on any atom is 0.160 e. The van der Waals surface area contributed by atoms with Crippen molar-refractivity contribution in [2.75, 3.05) is 0 Å². The quantitative estimate of drug-likeness (QED) is 0.160. The fourth-order valence-electron chi connectivity index (χ4n) is 15.1. The Hall–Kier alpha value is -11.2. The highest BCUT2D eigenvalue weighted by Crippen LogP contribution is 2.65. The SMILES string of the molecule is c1ccc(-c2cc(-c3ccc4c(c3)C3(c5ccccc5-c5ccccc53)c3ccccc3-4)nc(-c3ccc(-c4ccc(-c5nc(-c6ccccc6)cc(-c6ccc7c(c6)C6(c8ccccc8-c8ccccc86)c6ccccc6-7)n5)cc4)cc3)n2)cc1. The van der Waals surface area contributed by atoms with Gasteiger partial charge in [-0.3, -0.25) is 0 Å². The Bertz CT molecular complexity index is 4650. The van der Waals surface area contributed by atoms with Crippen molar-refractivity contribution in [3.05, 3.63) is 348 Å². The van der Waals surface area contributed by atoms with Crippen molar-refractivity contribution in [1.82, 2.24) is 19.9 Å². The van der Waals surface area contributed by atoms with Gasteiger partial charge in [-0.25, -0.2) is 19.9 Å². The summed E-state index contributed by atoms with van der Waals surface area (Å²) in [6, 6.07) is 110. The molecule has 4 heteroatoms. The molecule has 0 radical (unpaired) electrons. The van der Waals surface area contributed by atoms with Gasteiger partial charge in [-0.2, -0.15) is 0 Å². The molecule has 18 rings (SSSR count). The maximum absolute atomic E-state index is 5.42. The molecule has 4 aliphatic carbocycles. The van der Waals surface area contributed by atoms with E-state index in [1.807, 2.05) is 0 Å².